The standard InChI is InChI=1S/C20H19F3N8/c21-20(22,23)12-31-11-13(9-26-31)16-8-14-17(10-25-16)28-29-19(14)15-2-1-3-18(27-15)30-6-4-24-5-7-30/h1-3,8-11,24H,4-7,12H2,(H,28,29). The molecule has 4 aromatic heterocycles. The Bertz CT molecular complexity index is 1210. The number of aromatic nitrogens is 6. The van der Waals surface area contributed by atoms with Crippen molar-refractivity contribution in [2.24, 2.45) is 0 Å². The zero-order valence-electron chi connectivity index (χ0n) is 16.4. The molecule has 11 heteroatoms. The Morgan fingerprint density at radius 2 is 1.90 bits per heavy atom. The summed E-state index contributed by atoms with van der Waals surface area (Å²) in [4.78, 5) is 11.4. The van der Waals surface area contributed by atoms with Gasteiger partial charge in [-0.3, -0.25) is 14.8 Å². The largest absolute Gasteiger partial charge is 0.408 e. The maximum atomic E-state index is 12.6. The molecule has 5 heterocycles. The molecular formula is C20H19F3N8. The third kappa shape index (κ3) is 4.08. The molecule has 0 aliphatic carbocycles. The van der Waals surface area contributed by atoms with Gasteiger partial charge < -0.3 is 10.2 Å². The third-order valence-electron chi connectivity index (χ3n) is 5.14. The average molecular weight is 428 g/mol. The Kier molecular flexibility index (Phi) is 4.81. The summed E-state index contributed by atoms with van der Waals surface area (Å²) in [6.07, 6.45) is -0.00443. The Morgan fingerprint density at radius 1 is 1.06 bits per heavy atom. The molecule has 2 N–H and O–H groups in total. The van der Waals surface area contributed by atoms with Crippen molar-refractivity contribution in [3.63, 3.8) is 0 Å². The number of hydrogen-bond acceptors (Lipinski definition) is 6. The van der Waals surface area contributed by atoms with E-state index in [1.807, 2.05) is 18.2 Å². The summed E-state index contributed by atoms with van der Waals surface area (Å²) in [5.41, 5.74) is 3.11. The summed E-state index contributed by atoms with van der Waals surface area (Å²) >= 11 is 0. The van der Waals surface area contributed by atoms with Crippen molar-refractivity contribution in [2.45, 2.75) is 12.7 Å². The predicted molar refractivity (Wildman–Crippen MR) is 109 cm³/mol. The lowest BCUT2D eigenvalue weighted by Crippen LogP contribution is -2.43. The highest BCUT2D eigenvalue weighted by molar-refractivity contribution is 5.93. The van der Waals surface area contributed by atoms with Crippen molar-refractivity contribution in [3.8, 4) is 22.6 Å². The highest BCUT2D eigenvalue weighted by Crippen LogP contribution is 2.29. The van der Waals surface area contributed by atoms with E-state index in [4.69, 9.17) is 4.98 Å². The molecule has 160 valence electrons. The van der Waals surface area contributed by atoms with Gasteiger partial charge in [0.1, 0.15) is 18.1 Å². The summed E-state index contributed by atoms with van der Waals surface area (Å²) in [5, 5.41) is 15.3. The Hall–Kier alpha value is -3.47. The minimum absolute atomic E-state index is 0.501. The fraction of sp³-hybridized carbons (Fsp3) is 0.300. The van der Waals surface area contributed by atoms with Crippen LogP contribution in [0.5, 0.6) is 0 Å². The quantitative estimate of drug-likeness (QED) is 0.520. The number of fused-ring (bicyclic) bond motifs is 1. The summed E-state index contributed by atoms with van der Waals surface area (Å²) in [7, 11) is 0. The lowest BCUT2D eigenvalue weighted by atomic mass is 10.1. The summed E-state index contributed by atoms with van der Waals surface area (Å²) in [6.45, 7) is 2.44. The number of alkyl halides is 3. The highest BCUT2D eigenvalue weighted by Gasteiger charge is 2.28. The van der Waals surface area contributed by atoms with Crippen LogP contribution in [0.3, 0.4) is 0 Å². The molecule has 1 saturated heterocycles. The molecule has 8 nitrogen and oxygen atoms in total. The molecule has 0 bridgehead atoms. The van der Waals surface area contributed by atoms with Gasteiger partial charge in [0.25, 0.3) is 0 Å². The number of anilines is 1. The second kappa shape index (κ2) is 7.65. The molecule has 1 aliphatic heterocycles. The van der Waals surface area contributed by atoms with E-state index >= 15 is 0 Å². The van der Waals surface area contributed by atoms with Gasteiger partial charge in [0.15, 0.2) is 0 Å². The van der Waals surface area contributed by atoms with E-state index in [1.165, 1.54) is 12.4 Å². The molecule has 0 atom stereocenters. The molecule has 0 radical (unpaired) electrons. The number of nitrogens with zero attached hydrogens (tertiary/aromatic N) is 6. The van der Waals surface area contributed by atoms with Crippen LogP contribution in [0.1, 0.15) is 0 Å². The predicted octanol–water partition coefficient (Wildman–Crippen LogP) is 2.86. The fourth-order valence-electron chi connectivity index (χ4n) is 3.66. The van der Waals surface area contributed by atoms with Gasteiger partial charge >= 0.3 is 6.18 Å². The first kappa shape index (κ1) is 19.5. The number of piperazine rings is 1. The second-order valence-electron chi connectivity index (χ2n) is 7.35. The van der Waals surface area contributed by atoms with E-state index in [-0.39, 0.29) is 0 Å². The molecule has 0 unspecified atom stereocenters. The van der Waals surface area contributed by atoms with Crippen LogP contribution in [0.25, 0.3) is 33.5 Å². The number of pyridine rings is 2. The first-order chi connectivity index (χ1) is 15.0. The van der Waals surface area contributed by atoms with Crippen molar-refractivity contribution in [1.82, 2.24) is 35.3 Å². The lowest BCUT2D eigenvalue weighted by molar-refractivity contribution is -0.142. The van der Waals surface area contributed by atoms with Gasteiger partial charge in [-0.2, -0.15) is 23.4 Å². The van der Waals surface area contributed by atoms with Crippen LogP contribution >= 0.6 is 0 Å². The minimum atomic E-state index is -4.33. The van der Waals surface area contributed by atoms with E-state index in [0.29, 0.717) is 22.6 Å². The molecule has 4 aromatic rings. The summed E-state index contributed by atoms with van der Waals surface area (Å²) < 4.78 is 38.7. The molecule has 0 spiro atoms. The molecule has 0 saturated carbocycles. The van der Waals surface area contributed by atoms with Crippen molar-refractivity contribution in [3.05, 3.63) is 42.9 Å². The number of rotatable bonds is 4. The van der Waals surface area contributed by atoms with Crippen LogP contribution in [0.4, 0.5) is 19.0 Å². The van der Waals surface area contributed by atoms with Crippen molar-refractivity contribution in [1.29, 1.82) is 0 Å². The molecule has 1 fully saturated rings. The Balaban J connectivity index is 1.49. The van der Waals surface area contributed by atoms with Crippen LogP contribution in [-0.4, -0.2) is 62.3 Å². The van der Waals surface area contributed by atoms with Crippen LogP contribution in [0, 0.1) is 0 Å². The number of halogens is 3. The van der Waals surface area contributed by atoms with Gasteiger partial charge in [0, 0.05) is 43.3 Å². The Morgan fingerprint density at radius 3 is 2.71 bits per heavy atom. The van der Waals surface area contributed by atoms with Crippen molar-refractivity contribution in [2.75, 3.05) is 31.1 Å². The van der Waals surface area contributed by atoms with E-state index in [1.54, 1.807) is 12.3 Å². The fourth-order valence-corrected chi connectivity index (χ4v) is 3.66. The highest BCUT2D eigenvalue weighted by atomic mass is 19.4. The second-order valence-corrected chi connectivity index (χ2v) is 7.35. The topological polar surface area (TPSA) is 87.5 Å². The lowest BCUT2D eigenvalue weighted by Gasteiger charge is -2.28. The maximum Gasteiger partial charge on any atom is 0.408 e. The molecule has 0 aromatic carbocycles. The number of hydrogen-bond donors (Lipinski definition) is 2. The molecule has 1 aliphatic rings. The van der Waals surface area contributed by atoms with Crippen LogP contribution in [0.2, 0.25) is 0 Å². The van der Waals surface area contributed by atoms with E-state index in [9.17, 15) is 13.2 Å². The van der Waals surface area contributed by atoms with Crippen molar-refractivity contribution >= 4 is 16.7 Å². The van der Waals surface area contributed by atoms with Crippen LogP contribution in [-0.2, 0) is 6.54 Å². The van der Waals surface area contributed by atoms with Gasteiger partial charge in [0.2, 0.25) is 0 Å². The molecule has 5 rings (SSSR count). The minimum Gasteiger partial charge on any atom is -0.354 e. The number of H-pyrrole nitrogens is 1. The van der Waals surface area contributed by atoms with Crippen LogP contribution in [0.15, 0.2) is 42.9 Å². The first-order valence-electron chi connectivity index (χ1n) is 9.83. The van der Waals surface area contributed by atoms with Crippen LogP contribution < -0.4 is 10.2 Å². The van der Waals surface area contributed by atoms with E-state index in [2.05, 4.69) is 30.5 Å². The first-order valence-corrected chi connectivity index (χ1v) is 9.83. The zero-order valence-corrected chi connectivity index (χ0v) is 16.4. The normalized spacial score (nSPS) is 15.0. The summed E-state index contributed by atoms with van der Waals surface area (Å²) in [6, 6.07) is 7.61. The summed E-state index contributed by atoms with van der Waals surface area (Å²) in [5.74, 6) is 0.887. The molecular weight excluding hydrogens is 409 g/mol. The van der Waals surface area contributed by atoms with Gasteiger partial charge in [-0.1, -0.05) is 6.07 Å². The van der Waals surface area contributed by atoms with E-state index in [0.717, 1.165) is 47.6 Å². The van der Waals surface area contributed by atoms with E-state index < -0.39 is 12.7 Å². The van der Waals surface area contributed by atoms with Gasteiger partial charge in [-0.25, -0.2) is 4.98 Å². The van der Waals surface area contributed by atoms with Gasteiger partial charge in [-0.05, 0) is 18.2 Å². The molecule has 31 heavy (non-hydrogen) atoms. The average Bonchev–Trinajstić information content (AvgIpc) is 3.40. The van der Waals surface area contributed by atoms with Gasteiger partial charge in [-0.15, -0.1) is 0 Å². The SMILES string of the molecule is FC(F)(F)Cn1cc(-c2cc3c(-c4cccc(N5CCNCC5)n4)n[nH]c3cn2)cn1. The molecule has 0 amide bonds. The number of nitrogens with one attached hydrogen (secondary N) is 2. The Labute approximate surface area is 175 Å². The monoisotopic (exact) mass is 428 g/mol. The van der Waals surface area contributed by atoms with Gasteiger partial charge in [0.05, 0.1) is 29.3 Å². The zero-order chi connectivity index (χ0) is 21.4. The smallest absolute Gasteiger partial charge is 0.354 e. The van der Waals surface area contributed by atoms with Crippen molar-refractivity contribution < 1.29 is 13.2 Å². The third-order valence-corrected chi connectivity index (χ3v) is 5.14. The maximum absolute atomic E-state index is 12.6. The number of aromatic amines is 1.